The van der Waals surface area contributed by atoms with E-state index in [-0.39, 0.29) is 5.41 Å². The Morgan fingerprint density at radius 1 is 1.44 bits per heavy atom. The number of aromatic carboxylic acids is 1. The second-order valence-electron chi connectivity index (χ2n) is 5.75. The molecule has 1 aliphatic rings. The van der Waals surface area contributed by atoms with Gasteiger partial charge in [-0.3, -0.25) is 4.98 Å². The van der Waals surface area contributed by atoms with Crippen molar-refractivity contribution in [3.05, 3.63) is 29.1 Å². The minimum Gasteiger partial charge on any atom is -0.478 e. The lowest BCUT2D eigenvalue weighted by atomic mass is 9.87. The highest BCUT2D eigenvalue weighted by Gasteiger charge is 2.26. The van der Waals surface area contributed by atoms with E-state index in [0.29, 0.717) is 23.8 Å². The Labute approximate surface area is 107 Å². The molecule has 1 aromatic heterocycles. The monoisotopic (exact) mass is 249 g/mol. The van der Waals surface area contributed by atoms with Crippen molar-refractivity contribution < 1.29 is 14.6 Å². The summed E-state index contributed by atoms with van der Waals surface area (Å²) in [6.45, 7) is 7.39. The van der Waals surface area contributed by atoms with Crippen LogP contribution in [0.5, 0.6) is 0 Å². The quantitative estimate of drug-likeness (QED) is 0.875. The number of hydrogen-bond donors (Lipinski definition) is 1. The lowest BCUT2D eigenvalue weighted by molar-refractivity contribution is 0.0693. The Hall–Kier alpha value is -1.42. The van der Waals surface area contributed by atoms with Gasteiger partial charge in [-0.1, -0.05) is 20.8 Å². The van der Waals surface area contributed by atoms with Crippen LogP contribution in [0.1, 0.15) is 54.9 Å². The molecule has 0 spiro atoms. The first-order valence-corrected chi connectivity index (χ1v) is 6.22. The van der Waals surface area contributed by atoms with Crippen molar-refractivity contribution >= 4 is 5.97 Å². The van der Waals surface area contributed by atoms with Crippen LogP contribution < -0.4 is 0 Å². The molecule has 1 N–H and O–H groups in total. The maximum atomic E-state index is 11.2. The summed E-state index contributed by atoms with van der Waals surface area (Å²) in [5.41, 5.74) is 1.62. The van der Waals surface area contributed by atoms with Crippen LogP contribution in [0.4, 0.5) is 0 Å². The molecule has 1 atom stereocenters. The Morgan fingerprint density at radius 2 is 2.17 bits per heavy atom. The summed E-state index contributed by atoms with van der Waals surface area (Å²) in [5.74, 6) is -0.615. The van der Waals surface area contributed by atoms with E-state index in [1.54, 1.807) is 6.07 Å². The van der Waals surface area contributed by atoms with E-state index < -0.39 is 5.97 Å². The smallest absolute Gasteiger partial charge is 0.337 e. The molecular formula is C14H19NO3. The third kappa shape index (κ3) is 2.53. The highest BCUT2D eigenvalue weighted by atomic mass is 16.5. The van der Waals surface area contributed by atoms with Crippen molar-refractivity contribution in [1.29, 1.82) is 0 Å². The molecule has 0 aliphatic carbocycles. The van der Waals surface area contributed by atoms with Gasteiger partial charge in [0.05, 0.1) is 17.9 Å². The number of rotatable bonds is 2. The Bertz CT molecular complexity index is 457. The number of hydrogen-bond acceptors (Lipinski definition) is 3. The third-order valence-corrected chi connectivity index (χ3v) is 3.21. The number of nitrogens with zero attached hydrogens (tertiary/aromatic N) is 1. The number of pyridine rings is 1. The first-order chi connectivity index (χ1) is 8.39. The predicted molar refractivity (Wildman–Crippen MR) is 68.1 cm³/mol. The van der Waals surface area contributed by atoms with Crippen LogP contribution in [0.25, 0.3) is 0 Å². The molecule has 1 aromatic rings. The topological polar surface area (TPSA) is 59.4 Å². The summed E-state index contributed by atoms with van der Waals surface area (Å²) >= 11 is 0. The predicted octanol–water partition coefficient (Wildman–Crippen LogP) is 2.58. The molecule has 4 nitrogen and oxygen atoms in total. The standard InChI is InChI=1S/C14H19NO3/c1-14(2,3)12-10(13(16)17)4-5-11(15-12)9-6-7-18-8-9/h4-5,9H,6-8H2,1-3H3,(H,16,17). The molecule has 1 fully saturated rings. The molecule has 2 heterocycles. The second kappa shape index (κ2) is 4.69. The first kappa shape index (κ1) is 13.0. The summed E-state index contributed by atoms with van der Waals surface area (Å²) in [5, 5.41) is 9.22. The largest absolute Gasteiger partial charge is 0.478 e. The number of carboxylic acid groups (broad SMARTS) is 1. The summed E-state index contributed by atoms with van der Waals surface area (Å²) in [4.78, 5) is 15.8. The first-order valence-electron chi connectivity index (χ1n) is 6.22. The lowest BCUT2D eigenvalue weighted by Gasteiger charge is -2.22. The lowest BCUT2D eigenvalue weighted by Crippen LogP contribution is -2.20. The SMILES string of the molecule is CC(C)(C)c1nc(C2CCOC2)ccc1C(=O)O. The van der Waals surface area contributed by atoms with Gasteiger partial charge in [0.15, 0.2) is 0 Å². The van der Waals surface area contributed by atoms with Crippen molar-refractivity contribution in [2.75, 3.05) is 13.2 Å². The number of aromatic nitrogens is 1. The van der Waals surface area contributed by atoms with Crippen molar-refractivity contribution in [1.82, 2.24) is 4.98 Å². The summed E-state index contributed by atoms with van der Waals surface area (Å²) in [6.07, 6.45) is 0.961. The fourth-order valence-electron chi connectivity index (χ4n) is 2.21. The minimum absolute atomic E-state index is 0.275. The molecule has 0 bridgehead atoms. The molecule has 0 aromatic carbocycles. The molecule has 0 amide bonds. The maximum Gasteiger partial charge on any atom is 0.337 e. The maximum absolute atomic E-state index is 11.2. The van der Waals surface area contributed by atoms with Crippen molar-refractivity contribution in [3.63, 3.8) is 0 Å². The highest BCUT2D eigenvalue weighted by Crippen LogP contribution is 2.29. The third-order valence-electron chi connectivity index (χ3n) is 3.21. The molecule has 0 saturated carbocycles. The van der Waals surface area contributed by atoms with Gasteiger partial charge in [-0.15, -0.1) is 0 Å². The minimum atomic E-state index is -0.915. The molecule has 0 radical (unpaired) electrons. The van der Waals surface area contributed by atoms with Crippen LogP contribution in [0.2, 0.25) is 0 Å². The molecule has 98 valence electrons. The van der Waals surface area contributed by atoms with E-state index in [1.807, 2.05) is 26.8 Å². The van der Waals surface area contributed by atoms with Gasteiger partial charge in [0, 0.05) is 23.6 Å². The Balaban J connectivity index is 2.45. The van der Waals surface area contributed by atoms with Crippen molar-refractivity contribution in [2.45, 2.75) is 38.5 Å². The molecule has 18 heavy (non-hydrogen) atoms. The van der Waals surface area contributed by atoms with Crippen LogP contribution >= 0.6 is 0 Å². The van der Waals surface area contributed by atoms with Gasteiger partial charge in [0.2, 0.25) is 0 Å². The van der Waals surface area contributed by atoms with Gasteiger partial charge in [-0.05, 0) is 18.6 Å². The number of carboxylic acids is 1. The van der Waals surface area contributed by atoms with Crippen LogP contribution in [0.3, 0.4) is 0 Å². The van der Waals surface area contributed by atoms with Crippen LogP contribution in [-0.2, 0) is 10.2 Å². The molecule has 1 aliphatic heterocycles. The fourth-order valence-corrected chi connectivity index (χ4v) is 2.21. The van der Waals surface area contributed by atoms with Crippen molar-refractivity contribution in [3.8, 4) is 0 Å². The molecule has 1 unspecified atom stereocenters. The van der Waals surface area contributed by atoms with Gasteiger partial charge in [-0.2, -0.15) is 0 Å². The zero-order valence-electron chi connectivity index (χ0n) is 11.1. The summed E-state index contributed by atoms with van der Waals surface area (Å²) in [6, 6.07) is 3.49. The van der Waals surface area contributed by atoms with Crippen LogP contribution in [0, 0.1) is 0 Å². The van der Waals surface area contributed by atoms with Crippen molar-refractivity contribution in [2.24, 2.45) is 0 Å². The van der Waals surface area contributed by atoms with Gasteiger partial charge in [0.1, 0.15) is 0 Å². The molecular weight excluding hydrogens is 230 g/mol. The average molecular weight is 249 g/mol. The van der Waals surface area contributed by atoms with E-state index in [1.165, 1.54) is 0 Å². The average Bonchev–Trinajstić information content (AvgIpc) is 2.80. The molecule has 4 heteroatoms. The highest BCUT2D eigenvalue weighted by molar-refractivity contribution is 5.89. The summed E-state index contributed by atoms with van der Waals surface area (Å²) in [7, 11) is 0. The van der Waals surface area contributed by atoms with E-state index in [0.717, 1.165) is 18.7 Å². The van der Waals surface area contributed by atoms with E-state index in [2.05, 4.69) is 4.98 Å². The zero-order chi connectivity index (χ0) is 13.3. The van der Waals surface area contributed by atoms with Crippen LogP contribution in [-0.4, -0.2) is 29.3 Å². The Kier molecular flexibility index (Phi) is 3.39. The van der Waals surface area contributed by atoms with Gasteiger partial charge < -0.3 is 9.84 Å². The number of carbonyl (C=O) groups is 1. The Morgan fingerprint density at radius 3 is 2.67 bits per heavy atom. The van der Waals surface area contributed by atoms with E-state index in [9.17, 15) is 9.90 Å². The van der Waals surface area contributed by atoms with Gasteiger partial charge in [-0.25, -0.2) is 4.79 Å². The van der Waals surface area contributed by atoms with Crippen LogP contribution in [0.15, 0.2) is 12.1 Å². The van der Waals surface area contributed by atoms with Gasteiger partial charge >= 0.3 is 5.97 Å². The normalized spacial score (nSPS) is 20.1. The van der Waals surface area contributed by atoms with E-state index in [4.69, 9.17) is 4.74 Å². The summed E-state index contributed by atoms with van der Waals surface area (Å²) < 4.78 is 5.36. The van der Waals surface area contributed by atoms with Gasteiger partial charge in [0.25, 0.3) is 0 Å². The molecule has 1 saturated heterocycles. The number of ether oxygens (including phenoxy) is 1. The second-order valence-corrected chi connectivity index (χ2v) is 5.75. The fraction of sp³-hybridized carbons (Fsp3) is 0.571. The molecule has 2 rings (SSSR count). The zero-order valence-corrected chi connectivity index (χ0v) is 11.1. The van der Waals surface area contributed by atoms with E-state index >= 15 is 0 Å².